The number of nitrogens with two attached hydrogens (primary N) is 1. The molecule has 98 valence electrons. The quantitative estimate of drug-likeness (QED) is 0.818. The van der Waals surface area contributed by atoms with E-state index in [-0.39, 0.29) is 5.91 Å². The summed E-state index contributed by atoms with van der Waals surface area (Å²) in [6.07, 6.45) is 0. The number of nitrogens with one attached hydrogen (secondary N) is 1. The zero-order valence-electron chi connectivity index (χ0n) is 10.2. The predicted molar refractivity (Wildman–Crippen MR) is 80.0 cm³/mol. The maximum Gasteiger partial charge on any atom is 0.256 e. The lowest BCUT2D eigenvalue weighted by molar-refractivity contribution is 0.102. The molecule has 5 heteroatoms. The molecular weight excluding hydrogens is 283 g/mol. The van der Waals surface area contributed by atoms with Crippen LogP contribution in [0.2, 0.25) is 10.0 Å². The van der Waals surface area contributed by atoms with Crippen LogP contribution in [0.4, 0.5) is 11.4 Å². The van der Waals surface area contributed by atoms with Crippen molar-refractivity contribution in [1.29, 1.82) is 0 Å². The van der Waals surface area contributed by atoms with E-state index in [9.17, 15) is 4.79 Å². The van der Waals surface area contributed by atoms with Crippen LogP contribution in [0.3, 0.4) is 0 Å². The first-order valence-corrected chi connectivity index (χ1v) is 6.35. The number of anilines is 2. The number of hydrogen-bond donors (Lipinski definition) is 2. The third-order valence-electron chi connectivity index (χ3n) is 2.68. The van der Waals surface area contributed by atoms with Gasteiger partial charge in [0.2, 0.25) is 0 Å². The molecule has 0 radical (unpaired) electrons. The molecule has 2 rings (SSSR count). The molecule has 0 fully saturated rings. The van der Waals surface area contributed by atoms with Crippen molar-refractivity contribution >= 4 is 40.5 Å². The number of nitrogen functional groups attached to an aromatic ring is 1. The summed E-state index contributed by atoms with van der Waals surface area (Å²) in [6, 6.07) is 10.1. The molecule has 0 saturated carbocycles. The molecule has 3 N–H and O–H groups in total. The number of halogens is 2. The van der Waals surface area contributed by atoms with Crippen LogP contribution >= 0.6 is 23.2 Å². The highest BCUT2D eigenvalue weighted by molar-refractivity contribution is 6.35. The van der Waals surface area contributed by atoms with Gasteiger partial charge < -0.3 is 11.1 Å². The van der Waals surface area contributed by atoms with Crippen LogP contribution in [-0.4, -0.2) is 5.91 Å². The average molecular weight is 295 g/mol. The highest BCUT2D eigenvalue weighted by Crippen LogP contribution is 2.26. The minimum atomic E-state index is -0.269. The molecule has 0 aliphatic heterocycles. The van der Waals surface area contributed by atoms with Crippen molar-refractivity contribution in [3.63, 3.8) is 0 Å². The zero-order chi connectivity index (χ0) is 14.0. The van der Waals surface area contributed by atoms with Crippen molar-refractivity contribution in [1.82, 2.24) is 0 Å². The summed E-state index contributed by atoms with van der Waals surface area (Å²) in [5, 5.41) is 3.66. The molecule has 0 saturated heterocycles. The van der Waals surface area contributed by atoms with Crippen LogP contribution in [0.25, 0.3) is 0 Å². The lowest BCUT2D eigenvalue weighted by Crippen LogP contribution is -2.14. The van der Waals surface area contributed by atoms with Crippen LogP contribution < -0.4 is 11.1 Å². The molecule has 0 heterocycles. The Kier molecular flexibility index (Phi) is 3.98. The van der Waals surface area contributed by atoms with Gasteiger partial charge in [0.05, 0.1) is 10.7 Å². The highest BCUT2D eigenvalue weighted by atomic mass is 35.5. The van der Waals surface area contributed by atoms with E-state index in [1.165, 1.54) is 0 Å². The van der Waals surface area contributed by atoms with E-state index >= 15 is 0 Å². The summed E-state index contributed by atoms with van der Waals surface area (Å²) >= 11 is 11.9. The van der Waals surface area contributed by atoms with Gasteiger partial charge in [-0.3, -0.25) is 4.79 Å². The van der Waals surface area contributed by atoms with Gasteiger partial charge in [0.1, 0.15) is 0 Å². The van der Waals surface area contributed by atoms with E-state index in [0.717, 1.165) is 5.56 Å². The third-order valence-corrected chi connectivity index (χ3v) is 3.25. The number of amides is 1. The van der Waals surface area contributed by atoms with Gasteiger partial charge in [0.15, 0.2) is 0 Å². The summed E-state index contributed by atoms with van der Waals surface area (Å²) in [5.74, 6) is -0.269. The number of rotatable bonds is 2. The fourth-order valence-corrected chi connectivity index (χ4v) is 2.00. The lowest BCUT2D eigenvalue weighted by atomic mass is 10.1. The maximum atomic E-state index is 12.2. The molecule has 0 aromatic heterocycles. The minimum Gasteiger partial charge on any atom is -0.399 e. The molecule has 0 unspecified atom stereocenters. The molecule has 0 aliphatic carbocycles. The normalized spacial score (nSPS) is 10.3. The van der Waals surface area contributed by atoms with Gasteiger partial charge in [-0.25, -0.2) is 0 Å². The molecule has 2 aromatic rings. The third kappa shape index (κ3) is 3.19. The highest BCUT2D eigenvalue weighted by Gasteiger charge is 2.11. The van der Waals surface area contributed by atoms with Gasteiger partial charge in [-0.1, -0.05) is 29.3 Å². The second-order valence-electron chi connectivity index (χ2n) is 4.15. The fourth-order valence-electron chi connectivity index (χ4n) is 1.67. The van der Waals surface area contributed by atoms with Crippen molar-refractivity contribution in [3.05, 3.63) is 57.6 Å². The van der Waals surface area contributed by atoms with Gasteiger partial charge >= 0.3 is 0 Å². The molecule has 1 amide bonds. The van der Waals surface area contributed by atoms with Gasteiger partial charge in [0, 0.05) is 16.3 Å². The Morgan fingerprint density at radius 1 is 1.16 bits per heavy atom. The van der Waals surface area contributed by atoms with Crippen molar-refractivity contribution in [3.8, 4) is 0 Å². The second kappa shape index (κ2) is 5.51. The minimum absolute atomic E-state index is 0.269. The van der Waals surface area contributed by atoms with Crippen LogP contribution in [0, 0.1) is 6.92 Å². The summed E-state index contributed by atoms with van der Waals surface area (Å²) in [5.41, 5.74) is 8.04. The Morgan fingerprint density at radius 3 is 2.63 bits per heavy atom. The van der Waals surface area contributed by atoms with Crippen molar-refractivity contribution in [2.45, 2.75) is 6.92 Å². The molecular formula is C14H12Cl2N2O. The van der Waals surface area contributed by atoms with E-state index in [2.05, 4.69) is 5.32 Å². The molecule has 19 heavy (non-hydrogen) atoms. The molecule has 0 bridgehead atoms. The number of carbonyl (C=O) groups is 1. The van der Waals surface area contributed by atoms with Crippen molar-refractivity contribution in [2.75, 3.05) is 11.1 Å². The number of hydrogen-bond acceptors (Lipinski definition) is 2. The first-order valence-electron chi connectivity index (χ1n) is 5.60. The molecule has 0 spiro atoms. The van der Waals surface area contributed by atoms with E-state index in [4.69, 9.17) is 28.9 Å². The fraction of sp³-hybridized carbons (Fsp3) is 0.0714. The lowest BCUT2D eigenvalue weighted by Gasteiger charge is -2.10. The monoisotopic (exact) mass is 294 g/mol. The van der Waals surface area contributed by atoms with E-state index in [1.54, 1.807) is 36.4 Å². The Balaban J connectivity index is 2.30. The van der Waals surface area contributed by atoms with E-state index < -0.39 is 0 Å². The maximum absolute atomic E-state index is 12.2. The van der Waals surface area contributed by atoms with E-state index in [1.807, 2.05) is 6.92 Å². The summed E-state index contributed by atoms with van der Waals surface area (Å²) in [7, 11) is 0. The average Bonchev–Trinajstić information content (AvgIpc) is 2.36. The molecule has 0 aliphatic rings. The smallest absolute Gasteiger partial charge is 0.256 e. The van der Waals surface area contributed by atoms with Gasteiger partial charge in [-0.2, -0.15) is 0 Å². The molecule has 0 atom stereocenters. The van der Waals surface area contributed by atoms with Gasteiger partial charge in [0.25, 0.3) is 5.91 Å². The first kappa shape index (κ1) is 13.7. The standard InChI is InChI=1S/C14H12Cl2N2O/c1-8-2-4-10(17)7-11(8)14(19)18-13-6-9(15)3-5-12(13)16/h2-7H,17H2,1H3,(H,18,19). The van der Waals surface area contributed by atoms with Crippen LogP contribution in [0.5, 0.6) is 0 Å². The largest absolute Gasteiger partial charge is 0.399 e. The Labute approximate surface area is 121 Å². The van der Waals surface area contributed by atoms with Crippen LogP contribution in [-0.2, 0) is 0 Å². The molecule has 3 nitrogen and oxygen atoms in total. The van der Waals surface area contributed by atoms with Gasteiger partial charge in [-0.05, 0) is 42.8 Å². The SMILES string of the molecule is Cc1ccc(N)cc1C(=O)Nc1cc(Cl)ccc1Cl. The Hall–Kier alpha value is -1.71. The summed E-state index contributed by atoms with van der Waals surface area (Å²) in [4.78, 5) is 12.2. The Bertz CT molecular complexity index is 641. The Morgan fingerprint density at radius 2 is 1.89 bits per heavy atom. The number of benzene rings is 2. The number of carbonyl (C=O) groups excluding carboxylic acids is 1. The van der Waals surface area contributed by atoms with Crippen molar-refractivity contribution in [2.24, 2.45) is 0 Å². The summed E-state index contributed by atoms with van der Waals surface area (Å²) in [6.45, 7) is 1.84. The second-order valence-corrected chi connectivity index (χ2v) is 5.00. The van der Waals surface area contributed by atoms with E-state index in [0.29, 0.717) is 27.0 Å². The summed E-state index contributed by atoms with van der Waals surface area (Å²) < 4.78 is 0. The van der Waals surface area contributed by atoms with Gasteiger partial charge in [-0.15, -0.1) is 0 Å². The molecule has 2 aromatic carbocycles. The zero-order valence-corrected chi connectivity index (χ0v) is 11.7. The van der Waals surface area contributed by atoms with Crippen molar-refractivity contribution < 1.29 is 4.79 Å². The predicted octanol–water partition coefficient (Wildman–Crippen LogP) is 4.14. The topological polar surface area (TPSA) is 55.1 Å². The van der Waals surface area contributed by atoms with Crippen LogP contribution in [0.15, 0.2) is 36.4 Å². The van der Waals surface area contributed by atoms with Crippen LogP contribution in [0.1, 0.15) is 15.9 Å². The number of aryl methyl sites for hydroxylation is 1. The first-order chi connectivity index (χ1) is 8.97.